The number of allylic oxidation sites excluding steroid dienone is 8. The van der Waals surface area contributed by atoms with E-state index in [4.69, 9.17) is 4.74 Å². The van der Waals surface area contributed by atoms with Crippen molar-refractivity contribution in [1.29, 1.82) is 0 Å². The lowest BCUT2D eigenvalue weighted by atomic mass is 9.77. The highest BCUT2D eigenvalue weighted by atomic mass is 32.2. The van der Waals surface area contributed by atoms with E-state index in [0.717, 1.165) is 6.07 Å². The molecule has 1 aromatic rings. The van der Waals surface area contributed by atoms with E-state index in [0.29, 0.717) is 39.6 Å². The number of aliphatic carboxylic acids is 1. The number of fused-ring (bicyclic) bond motifs is 2. The topological polar surface area (TPSA) is 279 Å². The SMILES string of the molecule is CC(C)(C)C1=CC(/C=C/C=C2\N(CCCS(=O)(=O)[O-])c3ccc(S(=O)(=O)[O-])cc3C2(C)CCCC(=O)O)=C2C=CC(N(CCCS(=O)(=O)[O-])CCCS(=O)(=O)O)=CC2O1. The molecule has 1 aromatic carbocycles. The molecule has 328 valence electrons. The Hall–Kier alpha value is -3.83. The molecule has 0 fully saturated rings. The maximum absolute atomic E-state index is 12.1. The maximum Gasteiger partial charge on any atom is 0.303 e. The molecule has 4 rings (SSSR count). The van der Waals surface area contributed by atoms with Crippen LogP contribution in [0.3, 0.4) is 0 Å². The van der Waals surface area contributed by atoms with Crippen molar-refractivity contribution < 1.29 is 66.5 Å². The van der Waals surface area contributed by atoms with Crippen LogP contribution < -0.4 is 4.90 Å². The standard InChI is InChI=1S/C38H52N2O15S4/c1-37(2,3)35-24-27(30-15-13-28(25-33(30)55-35)39(18-7-21-56(43,44)45)19-8-22-57(46,47)48)10-5-11-34-38(4,17-6-12-36(41)42)31-26-29(59(52,53)54)14-16-32(31)40(34)20-9-23-58(49,50)51/h5,10-11,13-16,24-26,33H,6-9,12,17-23H2,1-4H3,(H,41,42)(H,43,44,45)(H,46,47,48)(H,49,50,51)(H,52,53,54)/p-3/b10-5+,34-11-. The van der Waals surface area contributed by atoms with Gasteiger partial charge in [-0.05, 0) is 92.7 Å². The van der Waals surface area contributed by atoms with Crippen molar-refractivity contribution in [2.45, 2.75) is 82.6 Å². The number of carbonyl (C=O) groups is 1. The summed E-state index contributed by atoms with van der Waals surface area (Å²) in [4.78, 5) is 14.5. The highest BCUT2D eigenvalue weighted by Gasteiger charge is 2.43. The average Bonchev–Trinajstić information content (AvgIpc) is 3.30. The fourth-order valence-electron chi connectivity index (χ4n) is 7.24. The molecule has 0 bridgehead atoms. The van der Waals surface area contributed by atoms with Crippen LogP contribution in [-0.2, 0) is 55.4 Å². The molecular formula is C38H49N2O15S4-3. The Morgan fingerprint density at radius 3 is 2.14 bits per heavy atom. The molecule has 3 aliphatic rings. The van der Waals surface area contributed by atoms with E-state index >= 15 is 0 Å². The van der Waals surface area contributed by atoms with E-state index in [1.165, 1.54) is 12.1 Å². The number of hydrogen-bond donors (Lipinski definition) is 2. The van der Waals surface area contributed by atoms with Gasteiger partial charge in [-0.25, -0.2) is 25.3 Å². The van der Waals surface area contributed by atoms with Crippen LogP contribution in [0.5, 0.6) is 0 Å². The molecule has 0 amide bonds. The minimum absolute atomic E-state index is 0.00892. The quantitative estimate of drug-likeness (QED) is 0.176. The van der Waals surface area contributed by atoms with Gasteiger partial charge in [-0.1, -0.05) is 39.0 Å². The van der Waals surface area contributed by atoms with Gasteiger partial charge in [0.15, 0.2) is 0 Å². The Morgan fingerprint density at radius 1 is 0.932 bits per heavy atom. The number of ether oxygens (including phenoxy) is 1. The Morgan fingerprint density at radius 2 is 1.56 bits per heavy atom. The maximum atomic E-state index is 12.1. The molecule has 0 saturated heterocycles. The normalized spacial score (nSPS) is 20.7. The van der Waals surface area contributed by atoms with Crippen LogP contribution in [0.2, 0.25) is 0 Å². The van der Waals surface area contributed by atoms with Gasteiger partial charge in [-0.2, -0.15) is 8.42 Å². The number of hydrogen-bond acceptors (Lipinski definition) is 15. The third-order valence-corrected chi connectivity index (χ3v) is 13.3. The first-order valence-electron chi connectivity index (χ1n) is 18.7. The lowest BCUT2D eigenvalue weighted by molar-refractivity contribution is -0.137. The molecule has 0 spiro atoms. The van der Waals surface area contributed by atoms with Crippen molar-refractivity contribution in [3.63, 3.8) is 0 Å². The predicted molar refractivity (Wildman–Crippen MR) is 215 cm³/mol. The van der Waals surface area contributed by atoms with Gasteiger partial charge in [0.25, 0.3) is 10.1 Å². The number of rotatable bonds is 20. The fraction of sp³-hybridized carbons (Fsp3) is 0.500. The van der Waals surface area contributed by atoms with Gasteiger partial charge in [-0.3, -0.25) is 9.35 Å². The van der Waals surface area contributed by atoms with Crippen LogP contribution in [0.4, 0.5) is 5.69 Å². The van der Waals surface area contributed by atoms with Crippen molar-refractivity contribution in [2.75, 3.05) is 41.8 Å². The summed E-state index contributed by atoms with van der Waals surface area (Å²) in [6.45, 7) is 7.80. The summed E-state index contributed by atoms with van der Waals surface area (Å²) in [6.07, 6.45) is 11.7. The molecule has 2 atom stereocenters. The van der Waals surface area contributed by atoms with Gasteiger partial charge in [0.1, 0.15) is 22.0 Å². The molecule has 59 heavy (non-hydrogen) atoms. The zero-order valence-corrected chi connectivity index (χ0v) is 36.3. The highest BCUT2D eigenvalue weighted by molar-refractivity contribution is 7.86. The monoisotopic (exact) mass is 901 g/mol. The van der Waals surface area contributed by atoms with Crippen molar-refractivity contribution in [1.82, 2.24) is 4.90 Å². The number of carboxylic acids is 1. The van der Waals surface area contributed by atoms with Gasteiger partial charge in [0, 0.05) is 71.0 Å². The van der Waals surface area contributed by atoms with E-state index in [-0.39, 0.29) is 58.2 Å². The molecule has 2 aliphatic heterocycles. The molecule has 2 heterocycles. The van der Waals surface area contributed by atoms with E-state index in [9.17, 15) is 61.8 Å². The molecule has 0 aromatic heterocycles. The van der Waals surface area contributed by atoms with Gasteiger partial charge >= 0.3 is 5.97 Å². The minimum atomic E-state index is -4.90. The minimum Gasteiger partial charge on any atom is -0.748 e. The summed E-state index contributed by atoms with van der Waals surface area (Å²) < 4.78 is 143. The van der Waals surface area contributed by atoms with Crippen LogP contribution in [-0.4, -0.2) is 111 Å². The molecule has 17 nitrogen and oxygen atoms in total. The summed E-state index contributed by atoms with van der Waals surface area (Å²) in [7, 11) is -18.3. The van der Waals surface area contributed by atoms with E-state index in [2.05, 4.69) is 0 Å². The number of anilines is 1. The highest BCUT2D eigenvalue weighted by Crippen LogP contribution is 2.51. The Kier molecular flexibility index (Phi) is 14.9. The zero-order valence-electron chi connectivity index (χ0n) is 33.1. The van der Waals surface area contributed by atoms with Crippen molar-refractivity contribution in [3.8, 4) is 0 Å². The summed E-state index contributed by atoms with van der Waals surface area (Å²) in [5, 5.41) is 9.43. The second kappa shape index (κ2) is 18.4. The fourth-order valence-corrected chi connectivity index (χ4v) is 9.20. The van der Waals surface area contributed by atoms with Crippen LogP contribution in [0.25, 0.3) is 0 Å². The molecule has 0 saturated carbocycles. The Balaban J connectivity index is 1.80. The zero-order chi connectivity index (χ0) is 44.2. The first-order valence-corrected chi connectivity index (χ1v) is 24.8. The molecular weight excluding hydrogens is 853 g/mol. The molecule has 2 N–H and O–H groups in total. The Bertz CT molecular complexity index is 2390. The van der Waals surface area contributed by atoms with Crippen molar-refractivity contribution >= 4 is 52.1 Å². The molecule has 2 unspecified atom stereocenters. The van der Waals surface area contributed by atoms with Gasteiger partial charge in [-0.15, -0.1) is 0 Å². The Labute approximate surface area is 346 Å². The van der Waals surface area contributed by atoms with Crippen LogP contribution in [0.15, 0.2) is 93.9 Å². The van der Waals surface area contributed by atoms with Gasteiger partial charge in [0.2, 0.25) is 0 Å². The number of benzene rings is 1. The van der Waals surface area contributed by atoms with Crippen LogP contribution >= 0.6 is 0 Å². The smallest absolute Gasteiger partial charge is 0.303 e. The number of carboxylic acid groups (broad SMARTS) is 1. The predicted octanol–water partition coefficient (Wildman–Crippen LogP) is 3.89. The van der Waals surface area contributed by atoms with E-state index in [1.54, 1.807) is 53.2 Å². The first-order chi connectivity index (χ1) is 27.1. The van der Waals surface area contributed by atoms with E-state index in [1.807, 2.05) is 26.8 Å². The summed E-state index contributed by atoms with van der Waals surface area (Å²) >= 11 is 0. The molecule has 0 radical (unpaired) electrons. The number of nitrogens with zero attached hydrogens (tertiary/aromatic N) is 2. The third kappa shape index (κ3) is 13.6. The second-order valence-corrected chi connectivity index (χ2v) is 21.8. The van der Waals surface area contributed by atoms with Crippen LogP contribution in [0.1, 0.15) is 71.8 Å². The molecule has 1 aliphatic carbocycles. The molecule has 21 heteroatoms. The average molecular weight is 902 g/mol. The first kappa shape index (κ1) is 47.8. The summed E-state index contributed by atoms with van der Waals surface area (Å²) in [5.74, 6) is -2.31. The lowest BCUT2D eigenvalue weighted by Gasteiger charge is -2.35. The van der Waals surface area contributed by atoms with Crippen molar-refractivity contribution in [2.24, 2.45) is 5.41 Å². The van der Waals surface area contributed by atoms with Crippen LogP contribution in [0, 0.1) is 5.41 Å². The van der Waals surface area contributed by atoms with Gasteiger partial charge < -0.3 is 33.3 Å². The van der Waals surface area contributed by atoms with E-state index < -0.39 is 85.5 Å². The summed E-state index contributed by atoms with van der Waals surface area (Å²) in [6, 6.07) is 3.82. The second-order valence-electron chi connectivity index (χ2n) is 15.8. The summed E-state index contributed by atoms with van der Waals surface area (Å²) in [5.41, 5.74) is 1.82. The van der Waals surface area contributed by atoms with Crippen molar-refractivity contribution in [3.05, 3.63) is 94.6 Å². The van der Waals surface area contributed by atoms with Gasteiger partial charge in [0.05, 0.1) is 30.9 Å². The lowest BCUT2D eigenvalue weighted by Crippen LogP contribution is -2.31. The largest absolute Gasteiger partial charge is 0.748 e. The third-order valence-electron chi connectivity index (χ3n) is 10.1.